The third-order valence-electron chi connectivity index (χ3n) is 3.80. The Kier molecular flexibility index (Phi) is 5.15. The fraction of sp³-hybridized carbons (Fsp3) is 0.105. The lowest BCUT2D eigenvalue weighted by atomic mass is 10.1. The number of nitrogens with one attached hydrogen (secondary N) is 2. The van der Waals surface area contributed by atoms with Gasteiger partial charge in [0.15, 0.2) is 0 Å². The first-order chi connectivity index (χ1) is 12.3. The van der Waals surface area contributed by atoms with Crippen molar-refractivity contribution in [1.29, 1.82) is 0 Å². The molecule has 3 rings (SSSR count). The number of hydrogen-bond acceptors (Lipinski definition) is 4. The molecule has 0 aliphatic heterocycles. The van der Waals surface area contributed by atoms with E-state index in [4.69, 9.17) is 11.6 Å². The molecular weight excluding hydrogens is 370 g/mol. The molecule has 0 saturated carbocycles. The lowest BCUT2D eigenvalue weighted by molar-refractivity contribution is 0.601. The van der Waals surface area contributed by atoms with Gasteiger partial charge in [-0.15, -0.1) is 0 Å². The number of aromatic nitrogens is 1. The number of halogens is 1. The van der Waals surface area contributed by atoms with Gasteiger partial charge in [0.05, 0.1) is 16.8 Å². The van der Waals surface area contributed by atoms with Gasteiger partial charge in [-0.3, -0.25) is 4.72 Å². The van der Waals surface area contributed by atoms with Crippen LogP contribution < -0.4 is 10.0 Å². The molecule has 0 bridgehead atoms. The molecule has 0 aliphatic rings. The summed E-state index contributed by atoms with van der Waals surface area (Å²) in [5.74, 6) is 0.633. The molecule has 0 atom stereocenters. The summed E-state index contributed by atoms with van der Waals surface area (Å²) < 4.78 is 27.3. The van der Waals surface area contributed by atoms with Crippen molar-refractivity contribution in [2.45, 2.75) is 18.7 Å². The number of benzene rings is 2. The first kappa shape index (κ1) is 18.2. The minimum atomic E-state index is -3.68. The zero-order chi connectivity index (χ0) is 18.7. The molecule has 0 spiro atoms. The van der Waals surface area contributed by atoms with E-state index in [9.17, 15) is 8.42 Å². The van der Waals surface area contributed by atoms with Crippen molar-refractivity contribution in [3.8, 4) is 0 Å². The molecule has 3 aromatic rings. The van der Waals surface area contributed by atoms with Crippen molar-refractivity contribution < 1.29 is 8.42 Å². The average Bonchev–Trinajstić information content (AvgIpc) is 2.60. The molecule has 5 nitrogen and oxygen atoms in total. The SMILES string of the molecule is Cc1ccc(C)c(Nc2ccc(NS(=O)(=O)c3ccc(Cl)cc3)cn2)c1. The van der Waals surface area contributed by atoms with Crippen LogP contribution in [0.2, 0.25) is 5.02 Å². The maximum Gasteiger partial charge on any atom is 0.261 e. The fourth-order valence-corrected chi connectivity index (χ4v) is 3.53. The summed E-state index contributed by atoms with van der Waals surface area (Å²) in [7, 11) is -3.68. The van der Waals surface area contributed by atoms with Gasteiger partial charge in [-0.05, 0) is 67.4 Å². The van der Waals surface area contributed by atoms with Gasteiger partial charge in [0.1, 0.15) is 5.82 Å². The highest BCUT2D eigenvalue weighted by Gasteiger charge is 2.14. The van der Waals surface area contributed by atoms with Crippen LogP contribution in [0.3, 0.4) is 0 Å². The van der Waals surface area contributed by atoms with Gasteiger partial charge in [-0.2, -0.15) is 0 Å². The van der Waals surface area contributed by atoms with E-state index in [0.29, 0.717) is 16.5 Å². The summed E-state index contributed by atoms with van der Waals surface area (Å²) in [6.45, 7) is 4.03. The molecule has 0 saturated heterocycles. The molecule has 0 unspecified atom stereocenters. The van der Waals surface area contributed by atoms with Crippen LogP contribution in [0, 0.1) is 13.8 Å². The predicted octanol–water partition coefficient (Wildman–Crippen LogP) is 4.90. The van der Waals surface area contributed by atoms with Crippen LogP contribution in [0.5, 0.6) is 0 Å². The predicted molar refractivity (Wildman–Crippen MR) is 106 cm³/mol. The lowest BCUT2D eigenvalue weighted by Gasteiger charge is -2.11. The lowest BCUT2D eigenvalue weighted by Crippen LogP contribution is -2.13. The second-order valence-electron chi connectivity index (χ2n) is 5.93. The molecule has 134 valence electrons. The Bertz CT molecular complexity index is 1020. The molecule has 1 aromatic heterocycles. The Hall–Kier alpha value is -2.57. The Morgan fingerprint density at radius 3 is 2.35 bits per heavy atom. The number of pyridine rings is 1. The normalized spacial score (nSPS) is 11.2. The number of hydrogen-bond donors (Lipinski definition) is 2. The van der Waals surface area contributed by atoms with Gasteiger partial charge in [-0.1, -0.05) is 23.7 Å². The molecule has 0 radical (unpaired) electrons. The molecule has 0 aliphatic carbocycles. The van der Waals surface area contributed by atoms with Gasteiger partial charge >= 0.3 is 0 Å². The van der Waals surface area contributed by atoms with Gasteiger partial charge in [0, 0.05) is 10.7 Å². The van der Waals surface area contributed by atoms with Crippen LogP contribution in [0.1, 0.15) is 11.1 Å². The van der Waals surface area contributed by atoms with E-state index in [0.717, 1.165) is 16.8 Å². The van der Waals surface area contributed by atoms with E-state index in [-0.39, 0.29) is 4.90 Å². The molecular formula is C19H18ClN3O2S. The van der Waals surface area contributed by atoms with Gasteiger partial charge in [0.25, 0.3) is 10.0 Å². The first-order valence-electron chi connectivity index (χ1n) is 7.92. The number of aryl methyl sites for hydroxylation is 2. The average molecular weight is 388 g/mol. The van der Waals surface area contributed by atoms with E-state index in [1.807, 2.05) is 32.0 Å². The summed E-state index contributed by atoms with van der Waals surface area (Å²) in [4.78, 5) is 4.42. The summed E-state index contributed by atoms with van der Waals surface area (Å²) in [5, 5.41) is 3.72. The highest BCUT2D eigenvalue weighted by Crippen LogP contribution is 2.22. The summed E-state index contributed by atoms with van der Waals surface area (Å²) in [6, 6.07) is 15.5. The van der Waals surface area contributed by atoms with Crippen LogP contribution in [0.15, 0.2) is 65.7 Å². The molecule has 7 heteroatoms. The first-order valence-corrected chi connectivity index (χ1v) is 9.78. The molecule has 0 fully saturated rings. The number of anilines is 3. The number of rotatable bonds is 5. The summed E-state index contributed by atoms with van der Waals surface area (Å²) in [6.07, 6.45) is 1.47. The Morgan fingerprint density at radius 2 is 1.69 bits per heavy atom. The van der Waals surface area contributed by atoms with E-state index in [1.54, 1.807) is 12.1 Å². The Balaban J connectivity index is 1.75. The topological polar surface area (TPSA) is 71.1 Å². The minimum absolute atomic E-state index is 0.138. The molecule has 26 heavy (non-hydrogen) atoms. The van der Waals surface area contributed by atoms with Crippen molar-refractivity contribution in [1.82, 2.24) is 4.98 Å². The highest BCUT2D eigenvalue weighted by molar-refractivity contribution is 7.92. The van der Waals surface area contributed by atoms with Crippen LogP contribution in [-0.4, -0.2) is 13.4 Å². The number of sulfonamides is 1. The van der Waals surface area contributed by atoms with Crippen molar-refractivity contribution in [3.63, 3.8) is 0 Å². The van der Waals surface area contributed by atoms with Crippen LogP contribution in [-0.2, 0) is 10.0 Å². The van der Waals surface area contributed by atoms with Gasteiger partial charge in [-0.25, -0.2) is 13.4 Å². The van der Waals surface area contributed by atoms with E-state index < -0.39 is 10.0 Å². The quantitative estimate of drug-likeness (QED) is 0.653. The van der Waals surface area contributed by atoms with E-state index in [2.05, 4.69) is 15.0 Å². The van der Waals surface area contributed by atoms with Crippen molar-refractivity contribution in [3.05, 3.63) is 76.9 Å². The Labute approximate surface area is 158 Å². The monoisotopic (exact) mass is 387 g/mol. The zero-order valence-corrected chi connectivity index (χ0v) is 15.9. The van der Waals surface area contributed by atoms with Crippen molar-refractivity contribution in [2.24, 2.45) is 0 Å². The molecule has 2 N–H and O–H groups in total. The summed E-state index contributed by atoms with van der Waals surface area (Å²) in [5.41, 5.74) is 3.59. The third-order valence-corrected chi connectivity index (χ3v) is 5.44. The van der Waals surface area contributed by atoms with Crippen LogP contribution in [0.4, 0.5) is 17.2 Å². The maximum atomic E-state index is 12.4. The smallest absolute Gasteiger partial charge is 0.261 e. The van der Waals surface area contributed by atoms with Gasteiger partial charge < -0.3 is 5.32 Å². The Morgan fingerprint density at radius 1 is 0.962 bits per heavy atom. The molecule has 0 amide bonds. The second-order valence-corrected chi connectivity index (χ2v) is 8.05. The highest BCUT2D eigenvalue weighted by atomic mass is 35.5. The fourth-order valence-electron chi connectivity index (χ4n) is 2.36. The molecule has 1 heterocycles. The zero-order valence-electron chi connectivity index (χ0n) is 14.3. The third kappa shape index (κ3) is 4.33. The minimum Gasteiger partial charge on any atom is -0.340 e. The summed E-state index contributed by atoms with van der Waals surface area (Å²) >= 11 is 5.79. The van der Waals surface area contributed by atoms with E-state index >= 15 is 0 Å². The largest absolute Gasteiger partial charge is 0.340 e. The van der Waals surface area contributed by atoms with Crippen LogP contribution >= 0.6 is 11.6 Å². The molecule has 2 aromatic carbocycles. The number of nitrogens with zero attached hydrogens (tertiary/aromatic N) is 1. The van der Waals surface area contributed by atoms with Crippen molar-refractivity contribution in [2.75, 3.05) is 10.0 Å². The van der Waals surface area contributed by atoms with E-state index in [1.165, 1.54) is 30.5 Å². The second kappa shape index (κ2) is 7.35. The van der Waals surface area contributed by atoms with Gasteiger partial charge in [0.2, 0.25) is 0 Å². The van der Waals surface area contributed by atoms with Crippen LogP contribution in [0.25, 0.3) is 0 Å². The standard InChI is InChI=1S/C19H18ClN3O2S/c1-13-3-4-14(2)18(11-13)22-19-10-7-16(12-21-19)23-26(24,25)17-8-5-15(20)6-9-17/h3-12,23H,1-2H3,(H,21,22). The maximum absolute atomic E-state index is 12.4. The van der Waals surface area contributed by atoms with Crippen molar-refractivity contribution >= 4 is 38.8 Å².